The normalized spacial score (nSPS) is 19.9. The first-order valence-corrected chi connectivity index (χ1v) is 11.4. The predicted molar refractivity (Wildman–Crippen MR) is 124 cm³/mol. The Balaban J connectivity index is 1.58. The first kappa shape index (κ1) is 22.2. The number of aromatic nitrogens is 3. The van der Waals surface area contributed by atoms with E-state index in [9.17, 15) is 14.0 Å². The van der Waals surface area contributed by atoms with Crippen molar-refractivity contribution in [2.24, 2.45) is 0 Å². The number of fused-ring (bicyclic) bond motifs is 2. The van der Waals surface area contributed by atoms with Crippen LogP contribution in [0.15, 0.2) is 43.0 Å². The van der Waals surface area contributed by atoms with Gasteiger partial charge in [-0.2, -0.15) is 5.26 Å². The van der Waals surface area contributed by atoms with Crippen molar-refractivity contribution in [2.45, 2.75) is 17.7 Å². The van der Waals surface area contributed by atoms with Crippen LogP contribution < -0.4 is 9.64 Å². The monoisotopic (exact) mass is 498 g/mol. The number of nitrogens with zero attached hydrogens (tertiary/aromatic N) is 6. The van der Waals surface area contributed by atoms with Gasteiger partial charge in [-0.1, -0.05) is 11.6 Å². The molecule has 1 saturated heterocycles. The lowest BCUT2D eigenvalue weighted by Gasteiger charge is -2.40. The third kappa shape index (κ3) is 3.46. The van der Waals surface area contributed by atoms with Crippen molar-refractivity contribution in [1.29, 1.82) is 5.26 Å². The van der Waals surface area contributed by atoms with Crippen LogP contribution in [0, 0.1) is 17.1 Å². The van der Waals surface area contributed by atoms with Gasteiger partial charge in [0.1, 0.15) is 11.1 Å². The fourth-order valence-corrected chi connectivity index (χ4v) is 5.74. The van der Waals surface area contributed by atoms with Gasteiger partial charge < -0.3 is 9.64 Å². The SMILES string of the molecule is COc1cc(C2=CC3C(S2)C(=O)N(c2cncc4nccn24)C(=O)N3CCC#N)c(Cl)cc1F. The first-order chi connectivity index (χ1) is 16.4. The molecule has 3 aromatic rings. The molecule has 2 aliphatic rings. The van der Waals surface area contributed by atoms with Crippen molar-refractivity contribution in [2.75, 3.05) is 18.6 Å². The Morgan fingerprint density at radius 3 is 2.91 bits per heavy atom. The second-order valence-electron chi connectivity index (χ2n) is 7.51. The highest BCUT2D eigenvalue weighted by atomic mass is 35.5. The van der Waals surface area contributed by atoms with Crippen LogP contribution in [0.3, 0.4) is 0 Å². The number of thioether (sulfide) groups is 1. The Morgan fingerprint density at radius 2 is 2.15 bits per heavy atom. The summed E-state index contributed by atoms with van der Waals surface area (Å²) in [6.45, 7) is 0.123. The molecule has 9 nitrogen and oxygen atoms in total. The van der Waals surface area contributed by atoms with Crippen LogP contribution in [0.25, 0.3) is 10.6 Å². The average Bonchev–Trinajstić information content (AvgIpc) is 3.47. The lowest BCUT2D eigenvalue weighted by molar-refractivity contribution is -0.119. The summed E-state index contributed by atoms with van der Waals surface area (Å²) in [6, 6.07) is 3.49. The highest BCUT2D eigenvalue weighted by Gasteiger charge is 2.50. The summed E-state index contributed by atoms with van der Waals surface area (Å²) in [4.78, 5) is 38.6. The number of rotatable bonds is 5. The van der Waals surface area contributed by atoms with Crippen molar-refractivity contribution in [3.8, 4) is 11.8 Å². The van der Waals surface area contributed by atoms with E-state index in [-0.39, 0.29) is 29.6 Å². The fourth-order valence-electron chi connectivity index (χ4n) is 4.07. The minimum atomic E-state index is -0.697. The highest BCUT2D eigenvalue weighted by Crippen LogP contribution is 2.47. The third-order valence-corrected chi connectivity index (χ3v) is 7.30. The van der Waals surface area contributed by atoms with E-state index in [1.165, 1.54) is 42.2 Å². The summed E-state index contributed by atoms with van der Waals surface area (Å²) in [6.07, 6.45) is 7.96. The summed E-state index contributed by atoms with van der Waals surface area (Å²) in [5, 5.41) is 8.60. The third-order valence-electron chi connectivity index (χ3n) is 5.64. The maximum Gasteiger partial charge on any atom is 0.333 e. The maximum atomic E-state index is 14.1. The summed E-state index contributed by atoms with van der Waals surface area (Å²) >= 11 is 7.54. The molecular formula is C22H16ClFN6O3S. The second-order valence-corrected chi connectivity index (χ2v) is 9.10. The number of imide groups is 1. The van der Waals surface area contributed by atoms with E-state index in [0.717, 1.165) is 11.0 Å². The Hall–Kier alpha value is -3.62. The molecule has 0 saturated carbocycles. The van der Waals surface area contributed by atoms with Crippen LogP contribution in [0.5, 0.6) is 5.75 Å². The molecule has 12 heteroatoms. The zero-order valence-electron chi connectivity index (χ0n) is 17.7. The number of carbonyl (C=O) groups excluding carboxylic acids is 2. The lowest BCUT2D eigenvalue weighted by Crippen LogP contribution is -2.62. The number of ether oxygens (including phenoxy) is 1. The highest BCUT2D eigenvalue weighted by molar-refractivity contribution is 8.09. The van der Waals surface area contributed by atoms with Gasteiger partial charge in [0.2, 0.25) is 0 Å². The molecule has 1 fully saturated rings. The number of hydrogen-bond donors (Lipinski definition) is 0. The van der Waals surface area contributed by atoms with Gasteiger partial charge in [-0.3, -0.25) is 14.2 Å². The van der Waals surface area contributed by atoms with Crippen LogP contribution in [-0.4, -0.2) is 56.2 Å². The number of benzene rings is 1. The Labute approximate surface area is 202 Å². The number of hydrogen-bond acceptors (Lipinski definition) is 7. The van der Waals surface area contributed by atoms with E-state index in [4.69, 9.17) is 21.6 Å². The number of urea groups is 1. The zero-order chi connectivity index (χ0) is 24.0. The number of anilines is 1. The average molecular weight is 499 g/mol. The molecule has 0 aliphatic carbocycles. The van der Waals surface area contributed by atoms with Gasteiger partial charge in [-0.15, -0.1) is 11.8 Å². The lowest BCUT2D eigenvalue weighted by atomic mass is 10.1. The number of imidazole rings is 1. The van der Waals surface area contributed by atoms with Gasteiger partial charge in [0.25, 0.3) is 5.91 Å². The quantitative estimate of drug-likeness (QED) is 0.527. The molecule has 2 aliphatic heterocycles. The topological polar surface area (TPSA) is 104 Å². The number of carbonyl (C=O) groups is 2. The van der Waals surface area contributed by atoms with Crippen LogP contribution >= 0.6 is 23.4 Å². The van der Waals surface area contributed by atoms with Crippen molar-refractivity contribution in [3.05, 3.63) is 59.4 Å². The number of nitriles is 1. The molecule has 0 N–H and O–H groups in total. The molecule has 172 valence electrons. The Kier molecular flexibility index (Phi) is 5.63. The molecule has 2 aromatic heterocycles. The van der Waals surface area contributed by atoms with Crippen LogP contribution in [-0.2, 0) is 4.79 Å². The molecule has 0 radical (unpaired) electrons. The molecule has 4 heterocycles. The summed E-state index contributed by atoms with van der Waals surface area (Å²) in [7, 11) is 1.35. The van der Waals surface area contributed by atoms with Crippen LogP contribution in [0.4, 0.5) is 15.0 Å². The minimum Gasteiger partial charge on any atom is -0.494 e. The van der Waals surface area contributed by atoms with Gasteiger partial charge in [-0.05, 0) is 18.2 Å². The van der Waals surface area contributed by atoms with Gasteiger partial charge >= 0.3 is 6.03 Å². The van der Waals surface area contributed by atoms with E-state index in [2.05, 4.69) is 9.97 Å². The Morgan fingerprint density at radius 1 is 1.32 bits per heavy atom. The zero-order valence-corrected chi connectivity index (χ0v) is 19.3. The fraction of sp³-hybridized carbons (Fsp3) is 0.227. The molecule has 2 atom stereocenters. The smallest absolute Gasteiger partial charge is 0.333 e. The molecule has 0 bridgehead atoms. The standard InChI is InChI=1S/C22H16ClFN6O3S/c1-33-16-7-12(13(23)8-14(16)24)17-9-15-20(34-17)21(31)30(22(32)28(15)5-2-3-25)19-11-26-10-18-27-4-6-29(18)19/h4,6-11,15,20H,2,5H2,1H3. The first-order valence-electron chi connectivity index (χ1n) is 10.1. The Bertz CT molecular complexity index is 1400. The minimum absolute atomic E-state index is 0.0130. The van der Waals surface area contributed by atoms with E-state index in [1.54, 1.807) is 22.9 Å². The summed E-state index contributed by atoms with van der Waals surface area (Å²) < 4.78 is 20.8. The van der Waals surface area contributed by atoms with Gasteiger partial charge in [-0.25, -0.2) is 19.1 Å². The van der Waals surface area contributed by atoms with E-state index in [0.29, 0.717) is 16.1 Å². The largest absolute Gasteiger partial charge is 0.494 e. The number of halogens is 2. The number of methoxy groups -OCH3 is 1. The predicted octanol–water partition coefficient (Wildman–Crippen LogP) is 3.74. The van der Waals surface area contributed by atoms with Crippen molar-refractivity contribution >= 4 is 51.7 Å². The van der Waals surface area contributed by atoms with Gasteiger partial charge in [0.15, 0.2) is 17.2 Å². The van der Waals surface area contributed by atoms with E-state index >= 15 is 0 Å². The van der Waals surface area contributed by atoms with Gasteiger partial charge in [0.05, 0.1) is 43.1 Å². The molecular weight excluding hydrogens is 483 g/mol. The molecule has 34 heavy (non-hydrogen) atoms. The van der Waals surface area contributed by atoms with Crippen molar-refractivity contribution < 1.29 is 18.7 Å². The van der Waals surface area contributed by atoms with Crippen molar-refractivity contribution in [1.82, 2.24) is 19.3 Å². The van der Waals surface area contributed by atoms with Crippen molar-refractivity contribution in [3.63, 3.8) is 0 Å². The van der Waals surface area contributed by atoms with E-state index < -0.39 is 29.0 Å². The summed E-state index contributed by atoms with van der Waals surface area (Å²) in [5.41, 5.74) is 0.969. The molecule has 1 aromatic carbocycles. The molecule has 0 spiro atoms. The summed E-state index contributed by atoms with van der Waals surface area (Å²) in [5.74, 6) is -0.779. The number of amides is 3. The molecule has 5 rings (SSSR count). The maximum absolute atomic E-state index is 14.1. The second kappa shape index (κ2) is 8.62. The molecule has 2 unspecified atom stereocenters. The van der Waals surface area contributed by atoms with E-state index in [1.807, 2.05) is 6.07 Å². The van der Waals surface area contributed by atoms with Crippen LogP contribution in [0.2, 0.25) is 5.02 Å². The van der Waals surface area contributed by atoms with Gasteiger partial charge in [0, 0.05) is 29.4 Å². The molecule has 3 amide bonds. The van der Waals surface area contributed by atoms with Crippen LogP contribution in [0.1, 0.15) is 12.0 Å².